The lowest BCUT2D eigenvalue weighted by Crippen LogP contribution is -2.34. The molecule has 1 amide bonds. The lowest BCUT2D eigenvalue weighted by atomic mass is 9.90. The van der Waals surface area contributed by atoms with Crippen LogP contribution in [0.15, 0.2) is 83.8 Å². The van der Waals surface area contributed by atoms with Crippen LogP contribution in [0.25, 0.3) is 0 Å². The van der Waals surface area contributed by atoms with Gasteiger partial charge in [0.05, 0.1) is 10.8 Å². The number of carbonyl (C=O) groups is 1. The summed E-state index contributed by atoms with van der Waals surface area (Å²) in [5.74, 6) is -1.50. The minimum atomic E-state index is -3.65. The fourth-order valence-electron chi connectivity index (χ4n) is 2.90. The topological polar surface area (TPSA) is 83.5 Å². The molecule has 0 radical (unpaired) electrons. The van der Waals surface area contributed by atoms with Crippen LogP contribution in [0.5, 0.6) is 5.75 Å². The molecule has 2 N–H and O–H groups in total. The molecule has 0 spiro atoms. The predicted octanol–water partition coefficient (Wildman–Crippen LogP) is 3.38. The molecule has 0 bridgehead atoms. The van der Waals surface area contributed by atoms with Crippen LogP contribution in [0, 0.1) is 6.92 Å². The molecule has 0 aromatic heterocycles. The lowest BCUT2D eigenvalue weighted by molar-refractivity contribution is -0.121. The monoisotopic (exact) mass is 395 g/mol. The number of phenolic OH excluding ortho intramolecular Hbond substituents is 1. The maximum Gasteiger partial charge on any atom is 0.232 e. The van der Waals surface area contributed by atoms with Crippen LogP contribution >= 0.6 is 0 Å². The molecule has 0 saturated heterocycles. The van der Waals surface area contributed by atoms with Crippen molar-refractivity contribution in [2.24, 2.45) is 0 Å². The highest BCUT2D eigenvalue weighted by Gasteiger charge is 2.24. The first-order chi connectivity index (χ1) is 13.4. The summed E-state index contributed by atoms with van der Waals surface area (Å²) in [5.41, 5.74) is 2.35. The molecule has 0 heterocycles. The highest BCUT2D eigenvalue weighted by atomic mass is 32.2. The van der Waals surface area contributed by atoms with Gasteiger partial charge < -0.3 is 10.4 Å². The number of nitrogens with one attached hydrogen (secondary N) is 1. The molecule has 0 fully saturated rings. The lowest BCUT2D eigenvalue weighted by Gasteiger charge is -2.18. The fourth-order valence-corrected chi connectivity index (χ4v) is 3.95. The second-order valence-corrected chi connectivity index (χ2v) is 8.54. The minimum absolute atomic E-state index is 0.0953. The number of aromatic hydroxyl groups is 1. The van der Waals surface area contributed by atoms with Crippen LogP contribution < -0.4 is 5.32 Å². The Balaban J connectivity index is 1.84. The van der Waals surface area contributed by atoms with Crippen molar-refractivity contribution in [1.82, 2.24) is 5.32 Å². The van der Waals surface area contributed by atoms with Gasteiger partial charge in [-0.15, -0.1) is 0 Å². The second-order valence-electron chi connectivity index (χ2n) is 6.55. The highest BCUT2D eigenvalue weighted by molar-refractivity contribution is 7.91. The molecule has 28 heavy (non-hydrogen) atoms. The van der Waals surface area contributed by atoms with Crippen LogP contribution in [0.3, 0.4) is 0 Å². The number of aryl methyl sites for hydroxylation is 1. The Kier molecular flexibility index (Phi) is 5.80. The van der Waals surface area contributed by atoms with E-state index in [0.29, 0.717) is 5.56 Å². The summed E-state index contributed by atoms with van der Waals surface area (Å²) in [4.78, 5) is 13.1. The van der Waals surface area contributed by atoms with E-state index in [4.69, 9.17) is 0 Å². The van der Waals surface area contributed by atoms with Gasteiger partial charge >= 0.3 is 0 Å². The van der Waals surface area contributed by atoms with E-state index in [0.717, 1.165) is 11.1 Å². The van der Waals surface area contributed by atoms with Crippen molar-refractivity contribution in [3.8, 4) is 5.75 Å². The number of benzene rings is 3. The number of sulfone groups is 1. The summed E-state index contributed by atoms with van der Waals surface area (Å²) in [5, 5.41) is 12.1. The number of phenols is 1. The van der Waals surface area contributed by atoms with E-state index in [9.17, 15) is 18.3 Å². The van der Waals surface area contributed by atoms with Gasteiger partial charge in [0, 0.05) is 0 Å². The average molecular weight is 395 g/mol. The molecular weight excluding hydrogens is 374 g/mol. The minimum Gasteiger partial charge on any atom is -0.508 e. The number of rotatable bonds is 6. The van der Waals surface area contributed by atoms with Gasteiger partial charge in [-0.25, -0.2) is 8.42 Å². The molecule has 5 nitrogen and oxygen atoms in total. The number of amides is 1. The maximum absolute atomic E-state index is 12.9. The second kappa shape index (κ2) is 8.27. The third-order valence-corrected chi connectivity index (χ3v) is 5.95. The Morgan fingerprint density at radius 1 is 0.893 bits per heavy atom. The molecule has 1 unspecified atom stereocenters. The first-order valence-electron chi connectivity index (χ1n) is 8.78. The van der Waals surface area contributed by atoms with E-state index in [-0.39, 0.29) is 10.6 Å². The summed E-state index contributed by atoms with van der Waals surface area (Å²) in [6, 6.07) is 21.9. The molecular formula is C22H21NO4S. The molecule has 0 saturated carbocycles. The summed E-state index contributed by atoms with van der Waals surface area (Å²) < 4.78 is 25.1. The summed E-state index contributed by atoms with van der Waals surface area (Å²) >= 11 is 0. The zero-order chi connectivity index (χ0) is 20.1. The first kappa shape index (κ1) is 19.6. The molecule has 6 heteroatoms. The highest BCUT2D eigenvalue weighted by Crippen LogP contribution is 2.26. The van der Waals surface area contributed by atoms with E-state index in [1.807, 2.05) is 37.3 Å². The molecule has 1 atom stereocenters. The predicted molar refractivity (Wildman–Crippen MR) is 108 cm³/mol. The Morgan fingerprint density at radius 3 is 2.07 bits per heavy atom. The average Bonchev–Trinajstić information content (AvgIpc) is 2.69. The van der Waals surface area contributed by atoms with Gasteiger partial charge in [0.2, 0.25) is 5.91 Å². The third kappa shape index (κ3) is 4.58. The molecule has 144 valence electrons. The maximum atomic E-state index is 12.9. The normalized spacial score (nSPS) is 12.3. The van der Waals surface area contributed by atoms with E-state index >= 15 is 0 Å². The standard InChI is InChI=1S/C22H21NO4S/c1-16-7-13-20(14-8-16)28(26,27)15-23-22(25)21(17-5-3-2-4-6-17)18-9-11-19(24)12-10-18/h2-14,21,24H,15H2,1H3,(H,23,25). The quantitative estimate of drug-likeness (QED) is 0.670. The van der Waals surface area contributed by atoms with Gasteiger partial charge in [-0.1, -0.05) is 60.2 Å². The Hall–Kier alpha value is -3.12. The van der Waals surface area contributed by atoms with Gasteiger partial charge in [-0.05, 0) is 42.3 Å². The van der Waals surface area contributed by atoms with E-state index < -0.39 is 27.5 Å². The molecule has 3 aromatic carbocycles. The van der Waals surface area contributed by atoms with Gasteiger partial charge in [0.15, 0.2) is 9.84 Å². The van der Waals surface area contributed by atoms with Crippen LogP contribution in [-0.2, 0) is 14.6 Å². The van der Waals surface area contributed by atoms with Crippen molar-refractivity contribution in [1.29, 1.82) is 0 Å². The van der Waals surface area contributed by atoms with Crippen molar-refractivity contribution in [2.75, 3.05) is 5.88 Å². The zero-order valence-corrected chi connectivity index (χ0v) is 16.2. The molecule has 0 aliphatic rings. The largest absolute Gasteiger partial charge is 0.508 e. The number of carbonyl (C=O) groups excluding carboxylic acids is 1. The van der Waals surface area contributed by atoms with E-state index in [2.05, 4.69) is 5.32 Å². The molecule has 3 rings (SSSR count). The SMILES string of the molecule is Cc1ccc(S(=O)(=O)CNC(=O)C(c2ccccc2)c2ccc(O)cc2)cc1. The molecule has 0 aliphatic carbocycles. The first-order valence-corrected chi connectivity index (χ1v) is 10.4. The van der Waals surface area contributed by atoms with Crippen LogP contribution in [0.2, 0.25) is 0 Å². The summed E-state index contributed by atoms with van der Waals surface area (Å²) in [6.07, 6.45) is 0. The fraction of sp³-hybridized carbons (Fsp3) is 0.136. The van der Waals surface area contributed by atoms with Crippen LogP contribution in [-0.4, -0.2) is 25.3 Å². The summed E-state index contributed by atoms with van der Waals surface area (Å²) in [6.45, 7) is 1.88. The third-order valence-electron chi connectivity index (χ3n) is 4.44. The van der Waals surface area contributed by atoms with Gasteiger partial charge in [-0.3, -0.25) is 4.79 Å². The van der Waals surface area contributed by atoms with Gasteiger partial charge in [-0.2, -0.15) is 0 Å². The molecule has 3 aromatic rings. The smallest absolute Gasteiger partial charge is 0.232 e. The van der Waals surface area contributed by atoms with Crippen molar-refractivity contribution < 1.29 is 18.3 Å². The van der Waals surface area contributed by atoms with Gasteiger partial charge in [0.1, 0.15) is 11.6 Å². The molecule has 0 aliphatic heterocycles. The van der Waals surface area contributed by atoms with Crippen LogP contribution in [0.1, 0.15) is 22.6 Å². The van der Waals surface area contributed by atoms with Crippen molar-refractivity contribution in [2.45, 2.75) is 17.7 Å². The van der Waals surface area contributed by atoms with E-state index in [1.54, 1.807) is 24.3 Å². The van der Waals surface area contributed by atoms with Crippen molar-refractivity contribution >= 4 is 15.7 Å². The zero-order valence-electron chi connectivity index (χ0n) is 15.4. The Morgan fingerprint density at radius 2 is 1.46 bits per heavy atom. The van der Waals surface area contributed by atoms with Crippen molar-refractivity contribution in [3.63, 3.8) is 0 Å². The van der Waals surface area contributed by atoms with Crippen LogP contribution in [0.4, 0.5) is 0 Å². The Labute approximate surface area is 164 Å². The van der Waals surface area contributed by atoms with Crippen molar-refractivity contribution in [3.05, 3.63) is 95.6 Å². The summed E-state index contributed by atoms with van der Waals surface area (Å²) in [7, 11) is -3.65. The number of hydrogen-bond acceptors (Lipinski definition) is 4. The van der Waals surface area contributed by atoms with Gasteiger partial charge in [0.25, 0.3) is 0 Å². The Bertz CT molecular complexity index is 1040. The van der Waals surface area contributed by atoms with E-state index in [1.165, 1.54) is 24.3 Å². The number of hydrogen-bond donors (Lipinski definition) is 2.